The van der Waals surface area contributed by atoms with E-state index in [0.717, 1.165) is 39.4 Å². The minimum absolute atomic E-state index is 0.108. The predicted octanol–water partition coefficient (Wildman–Crippen LogP) is 6.91. The van der Waals surface area contributed by atoms with Gasteiger partial charge in [-0.15, -0.1) is 0 Å². The number of para-hydroxylation sites is 1. The van der Waals surface area contributed by atoms with Crippen molar-refractivity contribution in [1.29, 1.82) is 0 Å². The van der Waals surface area contributed by atoms with Crippen LogP contribution in [0, 0.1) is 0 Å². The molecule has 0 spiro atoms. The third kappa shape index (κ3) is 7.97. The van der Waals surface area contributed by atoms with E-state index in [1.807, 2.05) is 6.07 Å². The monoisotopic (exact) mass is 550 g/mol. The van der Waals surface area contributed by atoms with E-state index in [0.29, 0.717) is 27.5 Å². The second kappa shape index (κ2) is 13.0. The summed E-state index contributed by atoms with van der Waals surface area (Å²) in [7, 11) is 1.33. The van der Waals surface area contributed by atoms with Gasteiger partial charge in [0.05, 0.1) is 10.7 Å². The molecule has 1 saturated heterocycles. The fourth-order valence-electron chi connectivity index (χ4n) is 4.57. The summed E-state index contributed by atoms with van der Waals surface area (Å²) < 4.78 is 28.2. The van der Waals surface area contributed by atoms with E-state index in [-0.39, 0.29) is 17.7 Å². The van der Waals surface area contributed by atoms with E-state index < -0.39 is 5.92 Å². The number of allylic oxidation sites excluding steroid dienone is 1. The van der Waals surface area contributed by atoms with Gasteiger partial charge in [0.25, 0.3) is 11.8 Å². The number of carbonyl (C=O) groups is 1. The van der Waals surface area contributed by atoms with Gasteiger partial charge < -0.3 is 10.6 Å². The summed E-state index contributed by atoms with van der Waals surface area (Å²) in [5.74, 6) is -3.28. The van der Waals surface area contributed by atoms with E-state index in [2.05, 4.69) is 44.8 Å². The van der Waals surface area contributed by atoms with Gasteiger partial charge in [0.1, 0.15) is 5.71 Å². The largest absolute Gasteiger partial charge is 0.354 e. The van der Waals surface area contributed by atoms with Gasteiger partial charge in [0.2, 0.25) is 0 Å². The second-order valence-electron chi connectivity index (χ2n) is 9.75. The Kier molecular flexibility index (Phi) is 9.49. The van der Waals surface area contributed by atoms with Crippen LogP contribution in [-0.4, -0.2) is 48.6 Å². The molecule has 3 aromatic carbocycles. The van der Waals surface area contributed by atoms with E-state index >= 15 is 0 Å². The topological polar surface area (TPSA) is 56.7 Å². The Bertz CT molecular complexity index is 1310. The number of nitrogens with one attached hydrogen (secondary N) is 2. The number of carbonyl (C=O) groups excluding carboxylic acids is 1. The Hall–Kier alpha value is -3.55. The van der Waals surface area contributed by atoms with Crippen LogP contribution >= 0.6 is 11.6 Å². The third-order valence-corrected chi connectivity index (χ3v) is 7.07. The van der Waals surface area contributed by atoms with Crippen molar-refractivity contribution in [2.24, 2.45) is 4.99 Å². The fourth-order valence-corrected chi connectivity index (χ4v) is 4.75. The molecule has 4 rings (SSSR count). The molecule has 39 heavy (non-hydrogen) atoms. The molecule has 0 atom stereocenters. The van der Waals surface area contributed by atoms with Crippen LogP contribution in [0.1, 0.15) is 41.3 Å². The van der Waals surface area contributed by atoms with Gasteiger partial charge >= 0.3 is 0 Å². The summed E-state index contributed by atoms with van der Waals surface area (Å²) in [6.07, 6.45) is 3.08. The van der Waals surface area contributed by atoms with Gasteiger partial charge in [0, 0.05) is 50.9 Å². The molecule has 1 aliphatic heterocycles. The highest BCUT2D eigenvalue weighted by Gasteiger charge is 2.28. The highest BCUT2D eigenvalue weighted by molar-refractivity contribution is 6.33. The lowest BCUT2D eigenvalue weighted by Gasteiger charge is -2.32. The summed E-state index contributed by atoms with van der Waals surface area (Å²) in [5, 5.41) is 6.74. The number of amides is 1. The Labute approximate surface area is 233 Å². The van der Waals surface area contributed by atoms with Crippen LogP contribution in [-0.2, 0) is 6.54 Å². The van der Waals surface area contributed by atoms with Crippen LogP contribution in [0.25, 0.3) is 5.70 Å². The van der Waals surface area contributed by atoms with Crippen LogP contribution < -0.4 is 10.6 Å². The van der Waals surface area contributed by atoms with Gasteiger partial charge in [0.15, 0.2) is 0 Å². The molecule has 0 bridgehead atoms. The molecular formula is C31H33ClF2N4O. The molecule has 2 N–H and O–H groups in total. The molecule has 3 aromatic rings. The number of anilines is 1. The smallest absolute Gasteiger partial charge is 0.286 e. The summed E-state index contributed by atoms with van der Waals surface area (Å²) in [5.41, 5.74) is 3.00. The van der Waals surface area contributed by atoms with Crippen molar-refractivity contribution in [3.05, 3.63) is 107 Å². The molecule has 204 valence electrons. The maximum Gasteiger partial charge on any atom is 0.286 e. The first-order valence-electron chi connectivity index (χ1n) is 13.0. The van der Waals surface area contributed by atoms with Gasteiger partial charge in [-0.2, -0.15) is 8.78 Å². The minimum Gasteiger partial charge on any atom is -0.354 e. The van der Waals surface area contributed by atoms with Gasteiger partial charge in [-0.05, 0) is 54.3 Å². The van der Waals surface area contributed by atoms with Gasteiger partial charge in [-0.3, -0.25) is 14.7 Å². The molecule has 1 heterocycles. The quantitative estimate of drug-likeness (QED) is 0.284. The van der Waals surface area contributed by atoms with Gasteiger partial charge in [-0.25, -0.2) is 0 Å². The van der Waals surface area contributed by atoms with Crippen molar-refractivity contribution >= 4 is 34.6 Å². The van der Waals surface area contributed by atoms with Crippen LogP contribution in [0.15, 0.2) is 89.9 Å². The molecule has 1 amide bonds. The third-order valence-electron chi connectivity index (χ3n) is 6.74. The number of hydrogen-bond donors (Lipinski definition) is 2. The van der Waals surface area contributed by atoms with Crippen LogP contribution in [0.5, 0.6) is 0 Å². The number of nitrogens with zero attached hydrogens (tertiary/aromatic N) is 2. The standard InChI is InChI=1S/C31H33ClF2N4O/c1-31(33,34)29(35-2)20-28(37-27-11-7-6-10-26(27)32)23-12-14-24(15-13-23)30(39)36-25-16-18-38(19-17-25)21-22-8-4-3-5-9-22/h3-15,20,25,37H,16-19,21H2,1-2H3,(H,36,39)/b28-20-,35-29+. The van der Waals surface area contributed by atoms with Crippen molar-refractivity contribution in [2.75, 3.05) is 25.5 Å². The number of rotatable bonds is 9. The van der Waals surface area contributed by atoms with Crippen molar-refractivity contribution < 1.29 is 13.6 Å². The number of aliphatic imine (C=N–C) groups is 1. The van der Waals surface area contributed by atoms with Crippen molar-refractivity contribution in [3.63, 3.8) is 0 Å². The van der Waals surface area contributed by atoms with Gasteiger partial charge in [-0.1, -0.05) is 66.2 Å². The minimum atomic E-state index is -3.13. The summed E-state index contributed by atoms with van der Waals surface area (Å²) in [4.78, 5) is 19.1. The zero-order valence-corrected chi connectivity index (χ0v) is 22.9. The molecule has 0 saturated carbocycles. The molecule has 8 heteroatoms. The van der Waals surface area contributed by atoms with E-state index in [9.17, 15) is 13.6 Å². The van der Waals surface area contributed by atoms with Crippen molar-refractivity contribution in [2.45, 2.75) is 38.3 Å². The molecular weight excluding hydrogens is 518 g/mol. The molecule has 1 fully saturated rings. The first kappa shape index (κ1) is 28.5. The number of piperidine rings is 1. The summed E-state index contributed by atoms with van der Waals surface area (Å²) in [6, 6.07) is 24.4. The molecule has 0 aromatic heterocycles. The van der Waals surface area contributed by atoms with E-state index in [1.165, 1.54) is 18.7 Å². The second-order valence-corrected chi connectivity index (χ2v) is 10.2. The Balaban J connectivity index is 1.43. The first-order valence-corrected chi connectivity index (χ1v) is 13.4. The SMILES string of the molecule is C/N=C(\C=C(/Nc1ccccc1Cl)c1ccc(C(=O)NC2CCN(Cc3ccccc3)CC2)cc1)C(C)(F)F. The van der Waals surface area contributed by atoms with Crippen LogP contribution in [0.2, 0.25) is 5.02 Å². The van der Waals surface area contributed by atoms with Crippen molar-refractivity contribution in [1.82, 2.24) is 10.2 Å². The zero-order valence-electron chi connectivity index (χ0n) is 22.1. The lowest BCUT2D eigenvalue weighted by molar-refractivity contribution is 0.0908. The normalized spacial score (nSPS) is 15.7. The number of hydrogen-bond acceptors (Lipinski definition) is 4. The molecule has 0 unspecified atom stereocenters. The number of likely N-dealkylation sites (tertiary alicyclic amines) is 1. The summed E-state index contributed by atoms with van der Waals surface area (Å²) >= 11 is 6.30. The number of benzene rings is 3. The molecule has 0 aliphatic carbocycles. The van der Waals surface area contributed by atoms with E-state index in [1.54, 1.807) is 48.5 Å². The highest BCUT2D eigenvalue weighted by atomic mass is 35.5. The first-order chi connectivity index (χ1) is 18.7. The van der Waals surface area contributed by atoms with Crippen LogP contribution in [0.4, 0.5) is 14.5 Å². The maximum atomic E-state index is 14.1. The molecule has 5 nitrogen and oxygen atoms in total. The Morgan fingerprint density at radius 2 is 1.62 bits per heavy atom. The lowest BCUT2D eigenvalue weighted by Crippen LogP contribution is -2.44. The number of halogens is 3. The Morgan fingerprint density at radius 3 is 2.23 bits per heavy atom. The van der Waals surface area contributed by atoms with Crippen LogP contribution in [0.3, 0.4) is 0 Å². The van der Waals surface area contributed by atoms with Crippen molar-refractivity contribution in [3.8, 4) is 0 Å². The Morgan fingerprint density at radius 1 is 1.00 bits per heavy atom. The average molecular weight is 551 g/mol. The molecule has 0 radical (unpaired) electrons. The fraction of sp³-hybridized carbons (Fsp3) is 0.290. The summed E-state index contributed by atoms with van der Waals surface area (Å²) in [6.45, 7) is 3.56. The lowest BCUT2D eigenvalue weighted by atomic mass is 10.0. The predicted molar refractivity (Wildman–Crippen MR) is 156 cm³/mol. The van der Waals surface area contributed by atoms with E-state index in [4.69, 9.17) is 11.6 Å². The maximum absolute atomic E-state index is 14.1. The average Bonchev–Trinajstić information content (AvgIpc) is 2.93. The highest BCUT2D eigenvalue weighted by Crippen LogP contribution is 2.27. The molecule has 1 aliphatic rings. The number of alkyl halides is 2. The zero-order chi connectivity index (χ0) is 27.8.